The van der Waals surface area contributed by atoms with Crippen molar-refractivity contribution in [1.82, 2.24) is 14.8 Å². The van der Waals surface area contributed by atoms with E-state index < -0.39 is 15.8 Å². The van der Waals surface area contributed by atoms with Crippen molar-refractivity contribution in [1.29, 1.82) is 0 Å². The lowest BCUT2D eigenvalue weighted by atomic mass is 10.1. The second kappa shape index (κ2) is 7.35. The van der Waals surface area contributed by atoms with Gasteiger partial charge in [0.2, 0.25) is 0 Å². The van der Waals surface area contributed by atoms with E-state index >= 15 is 0 Å². The molecule has 0 unspecified atom stereocenters. The lowest BCUT2D eigenvalue weighted by Gasteiger charge is -2.12. The number of aromatic nitrogens is 3. The largest absolute Gasteiger partial charge is 0.311 e. The van der Waals surface area contributed by atoms with E-state index in [2.05, 4.69) is 14.9 Å². The molecule has 0 fully saturated rings. The standard InChI is InChI=1S/C20H21FN4O2S/c1-14-6-9-16(10-7-14)28(26,27)24-15-8-11-18(21)17(13-15)20-23-22-19-5-3-2-4-12-25(19)20/h6-11,13,24H,2-5,12H2,1H3. The molecule has 4 rings (SSSR count). The van der Waals surface area contributed by atoms with Gasteiger partial charge in [0.05, 0.1) is 10.5 Å². The second-order valence-electron chi connectivity index (χ2n) is 7.02. The minimum Gasteiger partial charge on any atom is -0.311 e. The van der Waals surface area contributed by atoms with E-state index in [9.17, 15) is 12.8 Å². The molecule has 0 bridgehead atoms. The van der Waals surface area contributed by atoms with Gasteiger partial charge in [-0.2, -0.15) is 0 Å². The van der Waals surface area contributed by atoms with Gasteiger partial charge in [0, 0.05) is 18.7 Å². The number of nitrogens with zero attached hydrogens (tertiary/aromatic N) is 3. The van der Waals surface area contributed by atoms with Crippen LogP contribution in [0.5, 0.6) is 0 Å². The molecule has 0 radical (unpaired) electrons. The average molecular weight is 400 g/mol. The maximum absolute atomic E-state index is 14.5. The van der Waals surface area contributed by atoms with E-state index in [1.807, 2.05) is 11.5 Å². The molecule has 0 spiro atoms. The van der Waals surface area contributed by atoms with Crippen LogP contribution in [0.15, 0.2) is 47.4 Å². The molecule has 28 heavy (non-hydrogen) atoms. The summed E-state index contributed by atoms with van der Waals surface area (Å²) in [6, 6.07) is 10.7. The monoisotopic (exact) mass is 400 g/mol. The van der Waals surface area contributed by atoms with E-state index in [4.69, 9.17) is 0 Å². The molecule has 0 saturated carbocycles. The number of anilines is 1. The Morgan fingerprint density at radius 1 is 1.04 bits per heavy atom. The third-order valence-corrected chi connectivity index (χ3v) is 6.30. The van der Waals surface area contributed by atoms with Gasteiger partial charge in [-0.25, -0.2) is 12.8 Å². The van der Waals surface area contributed by atoms with Gasteiger partial charge in [0.25, 0.3) is 10.0 Å². The van der Waals surface area contributed by atoms with Gasteiger partial charge >= 0.3 is 0 Å². The molecule has 3 aromatic rings. The smallest absolute Gasteiger partial charge is 0.261 e. The van der Waals surface area contributed by atoms with Crippen molar-refractivity contribution in [2.75, 3.05) is 4.72 Å². The zero-order valence-corrected chi connectivity index (χ0v) is 16.3. The Bertz CT molecular complexity index is 1110. The van der Waals surface area contributed by atoms with Crippen molar-refractivity contribution >= 4 is 15.7 Å². The Morgan fingerprint density at radius 2 is 1.82 bits per heavy atom. The van der Waals surface area contributed by atoms with E-state index in [1.165, 1.54) is 18.2 Å². The predicted molar refractivity (Wildman–Crippen MR) is 105 cm³/mol. The summed E-state index contributed by atoms with van der Waals surface area (Å²) in [5.41, 5.74) is 1.49. The van der Waals surface area contributed by atoms with Crippen LogP contribution < -0.4 is 4.72 Å². The predicted octanol–water partition coefficient (Wildman–Crippen LogP) is 3.92. The van der Waals surface area contributed by atoms with Crippen LogP contribution >= 0.6 is 0 Å². The van der Waals surface area contributed by atoms with Gasteiger partial charge in [-0.15, -0.1) is 10.2 Å². The summed E-state index contributed by atoms with van der Waals surface area (Å²) >= 11 is 0. The van der Waals surface area contributed by atoms with E-state index in [1.54, 1.807) is 24.3 Å². The van der Waals surface area contributed by atoms with Crippen molar-refractivity contribution < 1.29 is 12.8 Å². The first-order valence-corrected chi connectivity index (χ1v) is 10.7. The third-order valence-electron chi connectivity index (χ3n) is 4.90. The van der Waals surface area contributed by atoms with Crippen LogP contribution in [0.1, 0.15) is 30.7 Å². The lowest BCUT2D eigenvalue weighted by Crippen LogP contribution is -2.13. The minimum absolute atomic E-state index is 0.153. The quantitative estimate of drug-likeness (QED) is 0.720. The van der Waals surface area contributed by atoms with Gasteiger partial charge < -0.3 is 4.57 Å². The number of sulfonamides is 1. The Labute approximate surface area is 163 Å². The summed E-state index contributed by atoms with van der Waals surface area (Å²) in [4.78, 5) is 0.153. The van der Waals surface area contributed by atoms with E-state index in [0.29, 0.717) is 5.82 Å². The number of aryl methyl sites for hydroxylation is 2. The molecule has 1 aliphatic rings. The molecule has 1 aliphatic heterocycles. The molecule has 0 amide bonds. The Hall–Kier alpha value is -2.74. The van der Waals surface area contributed by atoms with Gasteiger partial charge in [0.15, 0.2) is 5.82 Å². The highest BCUT2D eigenvalue weighted by molar-refractivity contribution is 7.92. The van der Waals surface area contributed by atoms with Crippen LogP contribution in [0.4, 0.5) is 10.1 Å². The number of nitrogens with one attached hydrogen (secondary N) is 1. The summed E-state index contributed by atoms with van der Waals surface area (Å²) < 4.78 is 44.3. The van der Waals surface area contributed by atoms with Crippen molar-refractivity contribution in [3.05, 3.63) is 59.7 Å². The molecular formula is C20H21FN4O2S. The van der Waals surface area contributed by atoms with Crippen molar-refractivity contribution in [2.24, 2.45) is 0 Å². The summed E-state index contributed by atoms with van der Waals surface area (Å²) in [5, 5.41) is 8.37. The van der Waals surface area contributed by atoms with Crippen molar-refractivity contribution in [2.45, 2.75) is 44.0 Å². The molecule has 0 atom stereocenters. The molecule has 0 saturated heterocycles. The topological polar surface area (TPSA) is 76.9 Å². The third kappa shape index (κ3) is 3.64. The zero-order chi connectivity index (χ0) is 19.7. The first kappa shape index (κ1) is 18.6. The fraction of sp³-hybridized carbons (Fsp3) is 0.300. The van der Waals surface area contributed by atoms with Gasteiger partial charge in [0.1, 0.15) is 11.6 Å². The lowest BCUT2D eigenvalue weighted by molar-refractivity contribution is 0.601. The van der Waals surface area contributed by atoms with Gasteiger partial charge in [-0.05, 0) is 50.1 Å². The maximum Gasteiger partial charge on any atom is 0.261 e. The number of halogens is 1. The van der Waals surface area contributed by atoms with Gasteiger partial charge in [-0.1, -0.05) is 24.1 Å². The fourth-order valence-electron chi connectivity index (χ4n) is 3.38. The van der Waals surface area contributed by atoms with Crippen molar-refractivity contribution in [3.63, 3.8) is 0 Å². The molecular weight excluding hydrogens is 379 g/mol. The van der Waals surface area contributed by atoms with Crippen LogP contribution in [0.3, 0.4) is 0 Å². The van der Waals surface area contributed by atoms with Crippen LogP contribution in [0.25, 0.3) is 11.4 Å². The van der Waals surface area contributed by atoms with Crippen molar-refractivity contribution in [3.8, 4) is 11.4 Å². The summed E-state index contributed by atoms with van der Waals surface area (Å²) in [5.74, 6) is 0.820. The molecule has 8 heteroatoms. The van der Waals surface area contributed by atoms with E-state index in [-0.39, 0.29) is 16.1 Å². The number of fused-ring (bicyclic) bond motifs is 1. The number of hydrogen-bond donors (Lipinski definition) is 1. The molecule has 2 heterocycles. The summed E-state index contributed by atoms with van der Waals surface area (Å²) in [6.07, 6.45) is 3.94. The number of benzene rings is 2. The van der Waals surface area contributed by atoms with Crippen LogP contribution in [0, 0.1) is 12.7 Å². The van der Waals surface area contributed by atoms with Crippen LogP contribution in [-0.2, 0) is 23.0 Å². The van der Waals surface area contributed by atoms with E-state index in [0.717, 1.165) is 43.6 Å². The highest BCUT2D eigenvalue weighted by Crippen LogP contribution is 2.28. The summed E-state index contributed by atoms with van der Waals surface area (Å²) in [6.45, 7) is 2.62. The molecule has 1 aromatic heterocycles. The molecule has 0 aliphatic carbocycles. The molecule has 2 aromatic carbocycles. The highest BCUT2D eigenvalue weighted by atomic mass is 32.2. The van der Waals surface area contributed by atoms with Crippen LogP contribution in [-0.4, -0.2) is 23.2 Å². The minimum atomic E-state index is -3.77. The second-order valence-corrected chi connectivity index (χ2v) is 8.70. The zero-order valence-electron chi connectivity index (χ0n) is 15.5. The Balaban J connectivity index is 1.68. The average Bonchev–Trinajstić information content (AvgIpc) is 2.91. The normalized spacial score (nSPS) is 14.4. The maximum atomic E-state index is 14.5. The Morgan fingerprint density at radius 3 is 2.61 bits per heavy atom. The van der Waals surface area contributed by atoms with Crippen LogP contribution in [0.2, 0.25) is 0 Å². The molecule has 6 nitrogen and oxygen atoms in total. The highest BCUT2D eigenvalue weighted by Gasteiger charge is 2.20. The first-order chi connectivity index (χ1) is 13.4. The SMILES string of the molecule is Cc1ccc(S(=O)(=O)Nc2ccc(F)c(-c3nnc4n3CCCCC4)c2)cc1. The summed E-state index contributed by atoms with van der Waals surface area (Å²) in [7, 11) is -3.77. The fourth-order valence-corrected chi connectivity index (χ4v) is 4.43. The Kier molecular flexibility index (Phi) is 4.89. The first-order valence-electron chi connectivity index (χ1n) is 9.25. The molecule has 1 N–H and O–H groups in total. The number of hydrogen-bond acceptors (Lipinski definition) is 4. The van der Waals surface area contributed by atoms with Gasteiger partial charge in [-0.3, -0.25) is 4.72 Å². The molecule has 146 valence electrons. The number of rotatable bonds is 4.